The summed E-state index contributed by atoms with van der Waals surface area (Å²) < 4.78 is 29.0. The Kier molecular flexibility index (Phi) is 4.62. The molecule has 0 aliphatic rings. The predicted octanol–water partition coefficient (Wildman–Crippen LogP) is 0.941. The van der Waals surface area contributed by atoms with Gasteiger partial charge >= 0.3 is 5.97 Å². The fraction of sp³-hybridized carbons (Fsp3) is 0.833. The number of alkyl halides is 3. The first-order valence-corrected chi connectivity index (χ1v) is 4.25. The van der Waals surface area contributed by atoms with Crippen LogP contribution in [0.25, 0.3) is 0 Å². The lowest BCUT2D eigenvalue weighted by Crippen LogP contribution is -2.31. The molecule has 0 saturated heterocycles. The van der Waals surface area contributed by atoms with Crippen molar-refractivity contribution in [1.82, 2.24) is 0 Å². The van der Waals surface area contributed by atoms with Crippen molar-refractivity contribution >= 4 is 21.9 Å². The van der Waals surface area contributed by atoms with Crippen molar-refractivity contribution < 1.29 is 23.4 Å². The molecule has 0 aliphatic heterocycles. The Morgan fingerprint density at radius 2 is 2.25 bits per heavy atom. The summed E-state index contributed by atoms with van der Waals surface area (Å²) in [6.45, 7) is 0. The van der Waals surface area contributed by atoms with Crippen molar-refractivity contribution in [3.8, 4) is 0 Å². The van der Waals surface area contributed by atoms with Crippen molar-refractivity contribution in [2.45, 2.75) is 18.4 Å². The first-order chi connectivity index (χ1) is 5.43. The van der Waals surface area contributed by atoms with Crippen molar-refractivity contribution in [3.05, 3.63) is 0 Å². The van der Waals surface area contributed by atoms with Gasteiger partial charge in [-0.2, -0.15) is 0 Å². The van der Waals surface area contributed by atoms with Gasteiger partial charge in [-0.05, 0) is 0 Å². The lowest BCUT2D eigenvalue weighted by molar-refractivity contribution is -0.154. The maximum atomic E-state index is 12.5. The Bertz CT molecular complexity index is 163. The molecule has 6 heteroatoms. The lowest BCUT2D eigenvalue weighted by atomic mass is 10.2. The molecule has 1 unspecified atom stereocenters. The summed E-state index contributed by atoms with van der Waals surface area (Å²) in [6.07, 6.45) is -2.69. The van der Waals surface area contributed by atoms with E-state index in [0.717, 1.165) is 7.11 Å². The van der Waals surface area contributed by atoms with Crippen LogP contribution in [0.15, 0.2) is 0 Å². The maximum Gasteiger partial charge on any atom is 0.334 e. The smallest absolute Gasteiger partial charge is 0.334 e. The number of carbonyl (C=O) groups is 1. The van der Waals surface area contributed by atoms with Crippen LogP contribution in [0.5, 0.6) is 0 Å². The summed E-state index contributed by atoms with van der Waals surface area (Å²) in [5.41, 5.74) is 0. The van der Waals surface area contributed by atoms with Gasteiger partial charge in [-0.25, -0.2) is 13.6 Å². The summed E-state index contributed by atoms with van der Waals surface area (Å²) in [7, 11) is 1.03. The van der Waals surface area contributed by atoms with Crippen LogP contribution in [-0.4, -0.2) is 35.5 Å². The standard InChI is InChI=1S/C6H9BrF2O3/c1-12-5(11)4(10)2-6(8,9)3-7/h4,10H,2-3H2,1H3. The normalized spacial score (nSPS) is 14.1. The molecule has 72 valence electrons. The number of halogens is 3. The zero-order chi connectivity index (χ0) is 9.78. The third kappa shape index (κ3) is 3.96. The summed E-state index contributed by atoms with van der Waals surface area (Å²) in [4.78, 5) is 10.5. The molecule has 0 aromatic heterocycles. The van der Waals surface area contributed by atoms with Gasteiger partial charge in [0.15, 0.2) is 6.10 Å². The highest BCUT2D eigenvalue weighted by Crippen LogP contribution is 2.22. The molecule has 0 radical (unpaired) electrons. The minimum atomic E-state index is -3.09. The Balaban J connectivity index is 3.99. The van der Waals surface area contributed by atoms with E-state index in [4.69, 9.17) is 5.11 Å². The molecule has 0 rings (SSSR count). The molecule has 0 bridgehead atoms. The monoisotopic (exact) mass is 246 g/mol. The molecule has 0 spiro atoms. The van der Waals surface area contributed by atoms with Gasteiger partial charge in [0.2, 0.25) is 0 Å². The third-order valence-corrected chi connectivity index (χ3v) is 1.98. The van der Waals surface area contributed by atoms with E-state index < -0.39 is 29.7 Å². The summed E-state index contributed by atoms with van der Waals surface area (Å²) >= 11 is 2.56. The molecule has 0 aliphatic carbocycles. The van der Waals surface area contributed by atoms with Crippen molar-refractivity contribution in [3.63, 3.8) is 0 Å². The number of esters is 1. The molecule has 3 nitrogen and oxygen atoms in total. The van der Waals surface area contributed by atoms with Crippen LogP contribution in [0.3, 0.4) is 0 Å². The van der Waals surface area contributed by atoms with Crippen LogP contribution in [-0.2, 0) is 9.53 Å². The molecule has 1 atom stereocenters. The highest BCUT2D eigenvalue weighted by molar-refractivity contribution is 9.09. The lowest BCUT2D eigenvalue weighted by Gasteiger charge is -2.15. The average Bonchev–Trinajstić information content (AvgIpc) is 2.02. The maximum absolute atomic E-state index is 12.5. The Hall–Kier alpha value is -0.230. The summed E-state index contributed by atoms with van der Waals surface area (Å²) in [6, 6.07) is 0. The first-order valence-electron chi connectivity index (χ1n) is 3.12. The van der Waals surface area contributed by atoms with Gasteiger partial charge in [-0.15, -0.1) is 0 Å². The van der Waals surface area contributed by atoms with E-state index in [1.54, 1.807) is 0 Å². The summed E-state index contributed by atoms with van der Waals surface area (Å²) in [5.74, 6) is -4.14. The molecule has 0 aromatic rings. The minimum Gasteiger partial charge on any atom is -0.467 e. The quantitative estimate of drug-likeness (QED) is 0.594. The second kappa shape index (κ2) is 4.71. The summed E-state index contributed by atoms with van der Waals surface area (Å²) in [5, 5.41) is 8.22. The number of methoxy groups -OCH3 is 1. The van der Waals surface area contributed by atoms with E-state index in [2.05, 4.69) is 20.7 Å². The molecular formula is C6H9BrF2O3. The molecule has 0 amide bonds. The van der Waals surface area contributed by atoms with Crippen LogP contribution >= 0.6 is 15.9 Å². The number of rotatable bonds is 4. The van der Waals surface area contributed by atoms with Crippen LogP contribution < -0.4 is 0 Å². The van der Waals surface area contributed by atoms with E-state index in [1.165, 1.54) is 0 Å². The predicted molar refractivity (Wildman–Crippen MR) is 41.4 cm³/mol. The molecule has 12 heavy (non-hydrogen) atoms. The third-order valence-electron chi connectivity index (χ3n) is 1.16. The van der Waals surface area contributed by atoms with Crippen LogP contribution in [0.1, 0.15) is 6.42 Å². The van der Waals surface area contributed by atoms with Crippen LogP contribution in [0.4, 0.5) is 8.78 Å². The highest BCUT2D eigenvalue weighted by atomic mass is 79.9. The Morgan fingerprint density at radius 3 is 2.58 bits per heavy atom. The van der Waals surface area contributed by atoms with Crippen molar-refractivity contribution in [2.24, 2.45) is 0 Å². The zero-order valence-corrected chi connectivity index (χ0v) is 7.98. The van der Waals surface area contributed by atoms with E-state index in [-0.39, 0.29) is 0 Å². The first kappa shape index (κ1) is 11.8. The van der Waals surface area contributed by atoms with Gasteiger partial charge in [-0.3, -0.25) is 0 Å². The average molecular weight is 247 g/mol. The zero-order valence-electron chi connectivity index (χ0n) is 6.39. The van der Waals surface area contributed by atoms with Gasteiger partial charge in [0.1, 0.15) is 0 Å². The molecule has 0 fully saturated rings. The fourth-order valence-electron chi connectivity index (χ4n) is 0.557. The number of hydrogen-bond acceptors (Lipinski definition) is 3. The number of ether oxygens (including phenoxy) is 1. The van der Waals surface area contributed by atoms with E-state index in [1.807, 2.05) is 0 Å². The second-order valence-electron chi connectivity index (χ2n) is 2.23. The van der Waals surface area contributed by atoms with Gasteiger partial charge in [0.25, 0.3) is 5.92 Å². The topological polar surface area (TPSA) is 46.5 Å². The van der Waals surface area contributed by atoms with Crippen molar-refractivity contribution in [1.29, 1.82) is 0 Å². The van der Waals surface area contributed by atoms with E-state index >= 15 is 0 Å². The van der Waals surface area contributed by atoms with Gasteiger partial charge in [0, 0.05) is 6.42 Å². The van der Waals surface area contributed by atoms with Crippen LogP contribution in [0, 0.1) is 0 Å². The fourth-order valence-corrected chi connectivity index (χ4v) is 0.786. The minimum absolute atomic E-state index is 0.589. The number of aliphatic hydroxyl groups is 1. The van der Waals surface area contributed by atoms with Crippen LogP contribution in [0.2, 0.25) is 0 Å². The Morgan fingerprint density at radius 1 is 1.75 bits per heavy atom. The second-order valence-corrected chi connectivity index (χ2v) is 2.79. The molecule has 1 N–H and O–H groups in total. The molecule has 0 heterocycles. The highest BCUT2D eigenvalue weighted by Gasteiger charge is 2.34. The van der Waals surface area contributed by atoms with E-state index in [0.29, 0.717) is 0 Å². The molecular weight excluding hydrogens is 238 g/mol. The number of aliphatic hydroxyl groups excluding tert-OH is 1. The number of carbonyl (C=O) groups excluding carboxylic acids is 1. The largest absolute Gasteiger partial charge is 0.467 e. The van der Waals surface area contributed by atoms with Gasteiger partial charge in [0.05, 0.1) is 12.4 Å². The van der Waals surface area contributed by atoms with E-state index in [9.17, 15) is 13.6 Å². The SMILES string of the molecule is COC(=O)C(O)CC(F)(F)CBr. The molecule has 0 aromatic carbocycles. The van der Waals surface area contributed by atoms with Crippen molar-refractivity contribution in [2.75, 3.05) is 12.4 Å². The van der Waals surface area contributed by atoms with Gasteiger partial charge < -0.3 is 9.84 Å². The number of hydrogen-bond donors (Lipinski definition) is 1. The van der Waals surface area contributed by atoms with Gasteiger partial charge in [-0.1, -0.05) is 15.9 Å². The Labute approximate surface area is 76.8 Å². The molecule has 0 saturated carbocycles.